The first-order valence-corrected chi connectivity index (χ1v) is 11.7. The van der Waals surface area contributed by atoms with Gasteiger partial charge in [-0.3, -0.25) is 4.79 Å². The molecule has 0 atom stereocenters. The molecule has 1 saturated heterocycles. The third-order valence-electron chi connectivity index (χ3n) is 5.29. The van der Waals surface area contributed by atoms with Gasteiger partial charge in [-0.05, 0) is 48.7 Å². The van der Waals surface area contributed by atoms with Crippen molar-refractivity contribution in [3.05, 3.63) is 48.0 Å². The van der Waals surface area contributed by atoms with Crippen molar-refractivity contribution >= 4 is 21.6 Å². The molecule has 2 heterocycles. The summed E-state index contributed by atoms with van der Waals surface area (Å²) in [7, 11) is -3.56. The highest BCUT2D eigenvalue weighted by Crippen LogP contribution is 2.31. The van der Waals surface area contributed by atoms with Gasteiger partial charge in [-0.1, -0.05) is 25.0 Å². The molecule has 2 aromatic carbocycles. The highest BCUT2D eigenvalue weighted by Gasteiger charge is 2.25. The predicted molar refractivity (Wildman–Crippen MR) is 113 cm³/mol. The van der Waals surface area contributed by atoms with Crippen LogP contribution < -0.4 is 14.8 Å². The topological polar surface area (TPSA) is 84.9 Å². The van der Waals surface area contributed by atoms with Crippen molar-refractivity contribution < 1.29 is 22.7 Å². The largest absolute Gasteiger partial charge is 0.486 e. The highest BCUT2D eigenvalue weighted by atomic mass is 32.2. The number of carbonyl (C=O) groups excluding carboxylic acids is 1. The number of ether oxygens (including phenoxy) is 2. The number of fused-ring (bicyclic) bond motifs is 1. The lowest BCUT2D eigenvalue weighted by Gasteiger charge is -2.20. The van der Waals surface area contributed by atoms with Crippen molar-refractivity contribution in [3.8, 4) is 11.5 Å². The molecule has 30 heavy (non-hydrogen) atoms. The summed E-state index contributed by atoms with van der Waals surface area (Å²) in [4.78, 5) is 12.7. The smallest absolute Gasteiger partial charge is 0.243 e. The van der Waals surface area contributed by atoms with E-state index in [9.17, 15) is 13.2 Å². The second-order valence-electron chi connectivity index (χ2n) is 7.55. The van der Waals surface area contributed by atoms with Crippen molar-refractivity contribution in [3.63, 3.8) is 0 Å². The van der Waals surface area contributed by atoms with Crippen LogP contribution in [-0.2, 0) is 21.2 Å². The van der Waals surface area contributed by atoms with E-state index in [4.69, 9.17) is 9.47 Å². The van der Waals surface area contributed by atoms with Crippen LogP contribution in [0.3, 0.4) is 0 Å². The monoisotopic (exact) mass is 430 g/mol. The molecule has 2 aliphatic rings. The molecular formula is C22H26N2O5S. The summed E-state index contributed by atoms with van der Waals surface area (Å²) in [6, 6.07) is 11.9. The van der Waals surface area contributed by atoms with Gasteiger partial charge < -0.3 is 14.8 Å². The summed E-state index contributed by atoms with van der Waals surface area (Å²) in [5.41, 5.74) is 1.26. The van der Waals surface area contributed by atoms with Gasteiger partial charge in [0, 0.05) is 18.8 Å². The Balaban J connectivity index is 1.44. The molecule has 0 aromatic heterocycles. The van der Waals surface area contributed by atoms with Crippen LogP contribution in [0.15, 0.2) is 47.4 Å². The number of hydrogen-bond donors (Lipinski definition) is 1. The van der Waals surface area contributed by atoms with E-state index < -0.39 is 10.0 Å². The minimum absolute atomic E-state index is 0.153. The van der Waals surface area contributed by atoms with Gasteiger partial charge in [-0.25, -0.2) is 8.42 Å². The van der Waals surface area contributed by atoms with E-state index in [-0.39, 0.29) is 17.2 Å². The molecule has 0 bridgehead atoms. The summed E-state index contributed by atoms with van der Waals surface area (Å²) in [5, 5.41) is 2.80. The van der Waals surface area contributed by atoms with Gasteiger partial charge >= 0.3 is 0 Å². The summed E-state index contributed by atoms with van der Waals surface area (Å²) in [6.45, 7) is 2.09. The van der Waals surface area contributed by atoms with Crippen molar-refractivity contribution in [2.24, 2.45) is 0 Å². The Kier molecular flexibility index (Phi) is 6.24. The molecule has 0 radical (unpaired) electrons. The maximum absolute atomic E-state index is 13.0. The first kappa shape index (κ1) is 20.7. The summed E-state index contributed by atoms with van der Waals surface area (Å²) in [6.07, 6.45) is 4.03. The Morgan fingerprint density at radius 1 is 0.933 bits per heavy atom. The number of benzene rings is 2. The fraction of sp³-hybridized carbons (Fsp3) is 0.409. The fourth-order valence-electron chi connectivity index (χ4n) is 3.75. The van der Waals surface area contributed by atoms with Gasteiger partial charge in [0.1, 0.15) is 13.2 Å². The molecule has 1 fully saturated rings. The number of nitrogens with one attached hydrogen (secondary N) is 1. The molecule has 160 valence electrons. The van der Waals surface area contributed by atoms with Crippen LogP contribution in [0, 0.1) is 0 Å². The fourth-order valence-corrected chi connectivity index (χ4v) is 5.32. The Labute approximate surface area is 177 Å². The Bertz CT molecular complexity index is 1010. The number of sulfonamides is 1. The maximum atomic E-state index is 13.0. The van der Waals surface area contributed by atoms with Gasteiger partial charge in [-0.15, -0.1) is 0 Å². The van der Waals surface area contributed by atoms with Crippen LogP contribution in [0.25, 0.3) is 0 Å². The minimum Gasteiger partial charge on any atom is -0.486 e. The maximum Gasteiger partial charge on any atom is 0.243 e. The Morgan fingerprint density at radius 3 is 2.43 bits per heavy atom. The second kappa shape index (κ2) is 9.06. The van der Waals surface area contributed by atoms with Gasteiger partial charge in [0.15, 0.2) is 11.5 Å². The Morgan fingerprint density at radius 2 is 1.67 bits per heavy atom. The molecule has 8 heteroatoms. The molecule has 0 aliphatic carbocycles. The van der Waals surface area contributed by atoms with Gasteiger partial charge in [-0.2, -0.15) is 4.31 Å². The average molecular weight is 431 g/mol. The van der Waals surface area contributed by atoms with Crippen molar-refractivity contribution in [2.45, 2.75) is 37.0 Å². The van der Waals surface area contributed by atoms with Crippen LogP contribution in [0.4, 0.5) is 5.69 Å². The number of carbonyl (C=O) groups is 1. The number of nitrogens with zero attached hydrogens (tertiary/aromatic N) is 1. The van der Waals surface area contributed by atoms with E-state index in [1.54, 1.807) is 34.6 Å². The lowest BCUT2D eigenvalue weighted by atomic mass is 10.1. The van der Waals surface area contributed by atoms with E-state index in [1.807, 2.05) is 6.07 Å². The van der Waals surface area contributed by atoms with Gasteiger partial charge in [0.2, 0.25) is 15.9 Å². The zero-order valence-corrected chi connectivity index (χ0v) is 17.6. The predicted octanol–water partition coefficient (Wildman–Crippen LogP) is 3.20. The molecule has 0 saturated carbocycles. The summed E-state index contributed by atoms with van der Waals surface area (Å²) >= 11 is 0. The van der Waals surface area contributed by atoms with Crippen LogP contribution in [0.5, 0.6) is 11.5 Å². The van der Waals surface area contributed by atoms with E-state index >= 15 is 0 Å². The second-order valence-corrected chi connectivity index (χ2v) is 9.49. The molecule has 4 rings (SSSR count). The minimum atomic E-state index is -3.56. The number of amides is 1. The molecule has 2 aromatic rings. The molecular weight excluding hydrogens is 404 g/mol. The molecule has 1 amide bonds. The number of hydrogen-bond acceptors (Lipinski definition) is 5. The van der Waals surface area contributed by atoms with E-state index in [2.05, 4.69) is 5.32 Å². The van der Waals surface area contributed by atoms with Crippen molar-refractivity contribution in [1.82, 2.24) is 4.31 Å². The standard InChI is InChI=1S/C22H26N2O5S/c25-22(15-17-8-9-20-21(14-17)29-13-12-28-20)23-18-6-5-7-19(16-18)30(26,27)24-10-3-1-2-4-11-24/h5-9,14,16H,1-4,10-13,15H2,(H,23,25). The molecule has 2 aliphatic heterocycles. The zero-order valence-electron chi connectivity index (χ0n) is 16.8. The van der Waals surface area contributed by atoms with Gasteiger partial charge in [0.25, 0.3) is 0 Å². The highest BCUT2D eigenvalue weighted by molar-refractivity contribution is 7.89. The van der Waals surface area contributed by atoms with Crippen LogP contribution in [0.1, 0.15) is 31.2 Å². The summed E-state index contributed by atoms with van der Waals surface area (Å²) in [5.74, 6) is 1.09. The molecule has 1 N–H and O–H groups in total. The van der Waals surface area contributed by atoms with Crippen LogP contribution in [-0.4, -0.2) is 44.9 Å². The molecule has 0 unspecified atom stereocenters. The molecule has 0 spiro atoms. The Hall–Kier alpha value is -2.58. The first-order valence-electron chi connectivity index (χ1n) is 10.3. The lowest BCUT2D eigenvalue weighted by Crippen LogP contribution is -2.32. The third kappa shape index (κ3) is 4.76. The number of anilines is 1. The van der Waals surface area contributed by atoms with Crippen LogP contribution in [0.2, 0.25) is 0 Å². The zero-order chi connectivity index (χ0) is 21.0. The van der Waals surface area contributed by atoms with E-state index in [1.165, 1.54) is 6.07 Å². The van der Waals surface area contributed by atoms with Gasteiger partial charge in [0.05, 0.1) is 11.3 Å². The van der Waals surface area contributed by atoms with E-state index in [0.717, 1.165) is 31.2 Å². The van der Waals surface area contributed by atoms with Crippen LogP contribution >= 0.6 is 0 Å². The quantitative estimate of drug-likeness (QED) is 0.787. The SMILES string of the molecule is O=C(Cc1ccc2c(c1)OCCO2)Nc1cccc(S(=O)(=O)N2CCCCCC2)c1. The summed E-state index contributed by atoms with van der Waals surface area (Å²) < 4.78 is 38.6. The normalized spacial score (nSPS) is 17.2. The van der Waals surface area contributed by atoms with Crippen molar-refractivity contribution in [1.29, 1.82) is 0 Å². The lowest BCUT2D eigenvalue weighted by molar-refractivity contribution is -0.115. The average Bonchev–Trinajstić information content (AvgIpc) is 3.04. The van der Waals surface area contributed by atoms with Crippen molar-refractivity contribution in [2.75, 3.05) is 31.6 Å². The molecule has 7 nitrogen and oxygen atoms in total. The van der Waals surface area contributed by atoms with E-state index in [0.29, 0.717) is 43.5 Å². The third-order valence-corrected chi connectivity index (χ3v) is 7.19. The first-order chi connectivity index (χ1) is 14.5. The number of rotatable bonds is 5.